The maximum atomic E-state index is 13.6. The van der Waals surface area contributed by atoms with Gasteiger partial charge in [0.1, 0.15) is 5.82 Å². The Bertz CT molecular complexity index is 416. The van der Waals surface area contributed by atoms with Gasteiger partial charge in [-0.15, -0.1) is 11.8 Å². The van der Waals surface area contributed by atoms with E-state index in [0.29, 0.717) is 29.9 Å². The molecule has 0 atom stereocenters. The second kappa shape index (κ2) is 6.02. The second-order valence-electron chi connectivity index (χ2n) is 3.23. The van der Waals surface area contributed by atoms with Gasteiger partial charge in [-0.05, 0) is 25.0 Å². The molecule has 1 aromatic rings. The molecule has 0 spiro atoms. The Hall–Kier alpha value is -1.69. The number of rotatable bonds is 4. The molecule has 16 heavy (non-hydrogen) atoms. The smallest absolute Gasteiger partial charge is 0.163 e. The van der Waals surface area contributed by atoms with E-state index in [1.54, 1.807) is 13.0 Å². The minimum atomic E-state index is -0.282. The van der Waals surface area contributed by atoms with Crippen molar-refractivity contribution < 1.29 is 13.9 Å². The van der Waals surface area contributed by atoms with Gasteiger partial charge in [-0.25, -0.2) is 4.39 Å². The lowest BCUT2D eigenvalue weighted by molar-refractivity contribution is 0.351. The van der Waals surface area contributed by atoms with Crippen LogP contribution in [-0.4, -0.2) is 14.2 Å². The van der Waals surface area contributed by atoms with Crippen molar-refractivity contribution in [3.63, 3.8) is 0 Å². The lowest BCUT2D eigenvalue weighted by atomic mass is 10.1. The first kappa shape index (κ1) is 12.4. The molecular formula is C13H15FO2. The van der Waals surface area contributed by atoms with Crippen LogP contribution in [0.25, 0.3) is 0 Å². The molecule has 0 bridgehead atoms. The lowest BCUT2D eigenvalue weighted by Crippen LogP contribution is -1.96. The zero-order valence-electron chi connectivity index (χ0n) is 9.76. The van der Waals surface area contributed by atoms with Crippen molar-refractivity contribution in [2.75, 3.05) is 14.2 Å². The van der Waals surface area contributed by atoms with Gasteiger partial charge in [0, 0.05) is 12.5 Å². The fraction of sp³-hybridized carbons (Fsp3) is 0.385. The first-order chi connectivity index (χ1) is 7.72. The van der Waals surface area contributed by atoms with E-state index in [0.717, 1.165) is 0 Å². The van der Waals surface area contributed by atoms with Crippen molar-refractivity contribution in [2.24, 2.45) is 0 Å². The summed E-state index contributed by atoms with van der Waals surface area (Å²) in [6, 6.07) is 3.00. The van der Waals surface area contributed by atoms with E-state index in [1.807, 2.05) is 0 Å². The van der Waals surface area contributed by atoms with E-state index < -0.39 is 0 Å². The highest BCUT2D eigenvalue weighted by molar-refractivity contribution is 5.43. The van der Waals surface area contributed by atoms with Crippen LogP contribution in [0.1, 0.15) is 18.9 Å². The Balaban J connectivity index is 2.95. The maximum Gasteiger partial charge on any atom is 0.163 e. The second-order valence-corrected chi connectivity index (χ2v) is 3.23. The molecule has 0 amide bonds. The highest BCUT2D eigenvalue weighted by Crippen LogP contribution is 2.30. The molecule has 1 aromatic carbocycles. The molecule has 0 N–H and O–H groups in total. The van der Waals surface area contributed by atoms with Crippen LogP contribution in [0.4, 0.5) is 4.39 Å². The average Bonchev–Trinajstić information content (AvgIpc) is 2.31. The minimum absolute atomic E-state index is 0.282. The molecule has 0 unspecified atom stereocenters. The number of halogens is 1. The number of hydrogen-bond acceptors (Lipinski definition) is 2. The van der Waals surface area contributed by atoms with Crippen molar-refractivity contribution in [1.82, 2.24) is 0 Å². The standard InChI is InChI=1S/C13H15FO2/c1-4-5-6-7-10-8-12(15-2)13(16-3)9-11(10)14/h8-9H,6-7H2,1-3H3. The summed E-state index contributed by atoms with van der Waals surface area (Å²) in [6.45, 7) is 1.77. The monoisotopic (exact) mass is 222 g/mol. The van der Waals surface area contributed by atoms with Crippen molar-refractivity contribution in [1.29, 1.82) is 0 Å². The Labute approximate surface area is 95.4 Å². The minimum Gasteiger partial charge on any atom is -0.493 e. The van der Waals surface area contributed by atoms with Crippen molar-refractivity contribution >= 4 is 0 Å². The summed E-state index contributed by atoms with van der Waals surface area (Å²) >= 11 is 0. The maximum absolute atomic E-state index is 13.6. The summed E-state index contributed by atoms with van der Waals surface area (Å²) in [7, 11) is 3.02. The molecular weight excluding hydrogens is 207 g/mol. The normalized spacial score (nSPS) is 9.25. The first-order valence-electron chi connectivity index (χ1n) is 5.03. The number of ether oxygens (including phenoxy) is 2. The van der Waals surface area contributed by atoms with Gasteiger partial charge in [-0.3, -0.25) is 0 Å². The van der Waals surface area contributed by atoms with Crippen LogP contribution in [0.3, 0.4) is 0 Å². The van der Waals surface area contributed by atoms with Crippen LogP contribution in [0, 0.1) is 17.7 Å². The summed E-state index contributed by atoms with van der Waals surface area (Å²) in [5.41, 5.74) is 0.598. The van der Waals surface area contributed by atoms with Gasteiger partial charge in [0.05, 0.1) is 14.2 Å². The third-order valence-corrected chi connectivity index (χ3v) is 2.25. The molecule has 1 rings (SSSR count). The van der Waals surface area contributed by atoms with Gasteiger partial charge in [-0.2, -0.15) is 0 Å². The highest BCUT2D eigenvalue weighted by atomic mass is 19.1. The molecule has 0 aromatic heterocycles. The summed E-state index contributed by atoms with van der Waals surface area (Å²) < 4.78 is 23.7. The molecule has 0 radical (unpaired) electrons. The predicted molar refractivity (Wildman–Crippen MR) is 61.3 cm³/mol. The number of benzene rings is 1. The first-order valence-corrected chi connectivity index (χ1v) is 5.03. The zero-order chi connectivity index (χ0) is 12.0. The van der Waals surface area contributed by atoms with Gasteiger partial charge in [0.15, 0.2) is 11.5 Å². The molecule has 0 heterocycles. The van der Waals surface area contributed by atoms with E-state index in [2.05, 4.69) is 11.8 Å². The van der Waals surface area contributed by atoms with E-state index in [1.165, 1.54) is 20.3 Å². The fourth-order valence-electron chi connectivity index (χ4n) is 1.41. The van der Waals surface area contributed by atoms with Crippen LogP contribution in [-0.2, 0) is 6.42 Å². The van der Waals surface area contributed by atoms with Crippen molar-refractivity contribution in [3.8, 4) is 23.3 Å². The molecule has 0 aliphatic rings. The third kappa shape index (κ3) is 2.90. The van der Waals surface area contributed by atoms with Gasteiger partial charge < -0.3 is 9.47 Å². The van der Waals surface area contributed by atoms with Crippen LogP contribution < -0.4 is 9.47 Å². The molecule has 0 aliphatic carbocycles. The third-order valence-electron chi connectivity index (χ3n) is 2.25. The van der Waals surface area contributed by atoms with Crippen LogP contribution in [0.2, 0.25) is 0 Å². The molecule has 0 aliphatic heterocycles. The van der Waals surface area contributed by atoms with E-state index >= 15 is 0 Å². The average molecular weight is 222 g/mol. The zero-order valence-corrected chi connectivity index (χ0v) is 9.76. The van der Waals surface area contributed by atoms with E-state index in [4.69, 9.17) is 9.47 Å². The molecule has 0 saturated heterocycles. The Kier molecular flexibility index (Phi) is 4.65. The summed E-state index contributed by atoms with van der Waals surface area (Å²) in [5.74, 6) is 6.35. The quantitative estimate of drug-likeness (QED) is 0.729. The number of methoxy groups -OCH3 is 2. The van der Waals surface area contributed by atoms with E-state index in [-0.39, 0.29) is 5.82 Å². The van der Waals surface area contributed by atoms with Crippen LogP contribution >= 0.6 is 0 Å². The Morgan fingerprint density at radius 2 is 1.81 bits per heavy atom. The lowest BCUT2D eigenvalue weighted by Gasteiger charge is -2.10. The molecule has 0 fully saturated rings. The summed E-state index contributed by atoms with van der Waals surface area (Å²) in [6.07, 6.45) is 1.22. The van der Waals surface area contributed by atoms with Crippen molar-refractivity contribution in [3.05, 3.63) is 23.5 Å². The summed E-state index contributed by atoms with van der Waals surface area (Å²) in [5, 5.41) is 0. The molecule has 86 valence electrons. The Morgan fingerprint density at radius 1 is 1.19 bits per heavy atom. The van der Waals surface area contributed by atoms with Crippen LogP contribution in [0.15, 0.2) is 12.1 Å². The predicted octanol–water partition coefficient (Wildman–Crippen LogP) is 2.80. The van der Waals surface area contributed by atoms with Gasteiger partial charge in [0.2, 0.25) is 0 Å². The Morgan fingerprint density at radius 3 is 2.38 bits per heavy atom. The van der Waals surface area contributed by atoms with E-state index in [9.17, 15) is 4.39 Å². The summed E-state index contributed by atoms with van der Waals surface area (Å²) in [4.78, 5) is 0. The highest BCUT2D eigenvalue weighted by Gasteiger charge is 2.10. The van der Waals surface area contributed by atoms with Gasteiger partial charge >= 0.3 is 0 Å². The topological polar surface area (TPSA) is 18.5 Å². The van der Waals surface area contributed by atoms with Crippen LogP contribution in [0.5, 0.6) is 11.5 Å². The molecule has 2 nitrogen and oxygen atoms in total. The SMILES string of the molecule is CC#CCCc1cc(OC)c(OC)cc1F. The number of hydrogen-bond donors (Lipinski definition) is 0. The molecule has 3 heteroatoms. The fourth-order valence-corrected chi connectivity index (χ4v) is 1.41. The largest absolute Gasteiger partial charge is 0.493 e. The molecule has 0 saturated carbocycles. The number of aryl methyl sites for hydroxylation is 1. The van der Waals surface area contributed by atoms with Gasteiger partial charge in [-0.1, -0.05) is 0 Å². The van der Waals surface area contributed by atoms with Gasteiger partial charge in [0.25, 0.3) is 0 Å². The van der Waals surface area contributed by atoms with Crippen molar-refractivity contribution in [2.45, 2.75) is 19.8 Å².